The third-order valence-electron chi connectivity index (χ3n) is 3.15. The number of halogens is 5. The molecule has 1 aliphatic heterocycles. The molecule has 2 aromatic rings. The number of ether oxygens (including phenoxy) is 2. The van der Waals surface area contributed by atoms with E-state index in [-0.39, 0.29) is 17.1 Å². The molecule has 9 heteroatoms. The van der Waals surface area contributed by atoms with E-state index in [1.807, 2.05) is 0 Å². The van der Waals surface area contributed by atoms with Crippen LogP contribution in [0.3, 0.4) is 0 Å². The van der Waals surface area contributed by atoms with Crippen molar-refractivity contribution in [2.45, 2.75) is 8.13 Å². The normalized spacial score (nSPS) is 13.6. The summed E-state index contributed by atoms with van der Waals surface area (Å²) < 4.78 is 6.86. The number of para-hydroxylation sites is 2. The van der Waals surface area contributed by atoms with Crippen molar-refractivity contribution in [3.05, 3.63) is 35.9 Å². The lowest BCUT2D eigenvalue weighted by molar-refractivity contribution is 0.338. The monoisotopic (exact) mass is 414 g/mol. The molecule has 0 fully saturated rings. The molecule has 0 aliphatic carbocycles. The molecular weight excluding hydrogens is 409 g/mol. The molecule has 0 aromatic heterocycles. The van der Waals surface area contributed by atoms with Gasteiger partial charge in [0.1, 0.15) is 0 Å². The lowest BCUT2D eigenvalue weighted by atomic mass is 10.1. The molecule has 0 atom stereocenters. The quantitative estimate of drug-likeness (QED) is 0.378. The minimum Gasteiger partial charge on any atom is -0.504 e. The highest BCUT2D eigenvalue weighted by Gasteiger charge is 2.52. The molecule has 0 saturated carbocycles. The molecule has 23 heavy (non-hydrogen) atoms. The number of fused-ring (bicyclic) bond motifs is 2. The Morgan fingerprint density at radius 1 is 0.826 bits per heavy atom. The molecule has 2 aromatic carbocycles. The van der Waals surface area contributed by atoms with Gasteiger partial charge < -0.3 is 19.7 Å². The summed E-state index contributed by atoms with van der Waals surface area (Å²) in [6, 6.07) is 7.89. The number of rotatable bonds is 1. The van der Waals surface area contributed by atoms with Crippen LogP contribution in [0.5, 0.6) is 34.5 Å². The van der Waals surface area contributed by atoms with E-state index in [9.17, 15) is 10.2 Å². The standard InChI is InChI=1S/C14H7Cl5O4/c15-13(16,14(17,18)19)10-11(21)6(20)5-9-12(10)23-8-4-2-1-3-7(8)22-9/h1-5,20-21H. The van der Waals surface area contributed by atoms with Crippen molar-refractivity contribution in [2.24, 2.45) is 0 Å². The second-order valence-corrected chi connectivity index (χ2v) is 8.28. The van der Waals surface area contributed by atoms with Crippen LogP contribution in [0.15, 0.2) is 30.3 Å². The number of benzene rings is 2. The molecule has 1 aliphatic rings. The van der Waals surface area contributed by atoms with Gasteiger partial charge in [0, 0.05) is 6.07 Å². The summed E-state index contributed by atoms with van der Waals surface area (Å²) in [4.78, 5) is 0. The highest BCUT2D eigenvalue weighted by molar-refractivity contribution is 6.75. The van der Waals surface area contributed by atoms with Crippen molar-refractivity contribution >= 4 is 58.0 Å². The summed E-state index contributed by atoms with van der Waals surface area (Å²) in [6.45, 7) is 0. The Labute approximate surface area is 156 Å². The molecule has 4 nitrogen and oxygen atoms in total. The van der Waals surface area contributed by atoms with Gasteiger partial charge >= 0.3 is 0 Å². The first-order valence-electron chi connectivity index (χ1n) is 6.11. The topological polar surface area (TPSA) is 58.9 Å². The zero-order chi connectivity index (χ0) is 17.0. The van der Waals surface area contributed by atoms with Gasteiger partial charge in [-0.2, -0.15) is 0 Å². The number of hydrogen-bond donors (Lipinski definition) is 2. The van der Waals surface area contributed by atoms with Gasteiger partial charge in [0.2, 0.25) is 3.79 Å². The van der Waals surface area contributed by atoms with Gasteiger partial charge in [-0.05, 0) is 12.1 Å². The van der Waals surface area contributed by atoms with Gasteiger partial charge in [0.05, 0.1) is 5.56 Å². The van der Waals surface area contributed by atoms with Crippen molar-refractivity contribution in [3.63, 3.8) is 0 Å². The molecule has 0 spiro atoms. The van der Waals surface area contributed by atoms with E-state index in [0.29, 0.717) is 11.5 Å². The molecule has 0 unspecified atom stereocenters. The van der Waals surface area contributed by atoms with Crippen molar-refractivity contribution in [1.29, 1.82) is 0 Å². The Bertz CT molecular complexity index is 785. The Hall–Kier alpha value is -0.910. The first-order valence-corrected chi connectivity index (χ1v) is 8.00. The van der Waals surface area contributed by atoms with Crippen molar-refractivity contribution in [3.8, 4) is 34.5 Å². The minimum atomic E-state index is -2.23. The number of alkyl halides is 5. The van der Waals surface area contributed by atoms with Gasteiger partial charge in [-0.1, -0.05) is 70.1 Å². The molecular formula is C14H7Cl5O4. The first-order chi connectivity index (χ1) is 10.6. The fourth-order valence-corrected chi connectivity index (χ4v) is 2.71. The van der Waals surface area contributed by atoms with Gasteiger partial charge in [0.25, 0.3) is 0 Å². The second-order valence-electron chi connectivity index (χ2n) is 4.67. The number of phenols is 2. The van der Waals surface area contributed by atoms with Crippen LogP contribution < -0.4 is 9.47 Å². The Morgan fingerprint density at radius 3 is 1.96 bits per heavy atom. The molecule has 0 bridgehead atoms. The molecule has 122 valence electrons. The largest absolute Gasteiger partial charge is 0.504 e. The summed E-state index contributed by atoms with van der Waals surface area (Å²) >= 11 is 29.7. The smallest absolute Gasteiger partial charge is 0.227 e. The zero-order valence-corrected chi connectivity index (χ0v) is 14.8. The van der Waals surface area contributed by atoms with Crippen LogP contribution in [-0.4, -0.2) is 14.0 Å². The van der Waals surface area contributed by atoms with E-state index in [1.54, 1.807) is 24.3 Å². The summed E-state index contributed by atoms with van der Waals surface area (Å²) in [6.07, 6.45) is 0. The fourth-order valence-electron chi connectivity index (χ4n) is 2.07. The first kappa shape index (κ1) is 16.9. The fraction of sp³-hybridized carbons (Fsp3) is 0.143. The minimum absolute atomic E-state index is 0.0599. The van der Waals surface area contributed by atoms with Crippen LogP contribution in [0, 0.1) is 0 Å². The van der Waals surface area contributed by atoms with E-state index in [1.165, 1.54) is 0 Å². The van der Waals surface area contributed by atoms with Crippen LogP contribution >= 0.6 is 58.0 Å². The molecule has 0 saturated heterocycles. The van der Waals surface area contributed by atoms with E-state index in [2.05, 4.69) is 0 Å². The predicted octanol–water partition coefficient (Wildman–Crippen LogP) is 6.00. The number of phenolic OH excluding ortho intramolecular Hbond substituents is 2. The van der Waals surface area contributed by atoms with Gasteiger partial charge in [-0.15, -0.1) is 0 Å². The van der Waals surface area contributed by atoms with E-state index in [4.69, 9.17) is 67.5 Å². The van der Waals surface area contributed by atoms with Crippen molar-refractivity contribution in [1.82, 2.24) is 0 Å². The van der Waals surface area contributed by atoms with Crippen LogP contribution in [-0.2, 0) is 4.33 Å². The van der Waals surface area contributed by atoms with Gasteiger partial charge in [-0.3, -0.25) is 0 Å². The number of aromatic hydroxyl groups is 2. The van der Waals surface area contributed by atoms with Crippen LogP contribution in [0.2, 0.25) is 0 Å². The van der Waals surface area contributed by atoms with E-state index < -0.39 is 19.6 Å². The predicted molar refractivity (Wildman–Crippen MR) is 90.0 cm³/mol. The summed E-state index contributed by atoms with van der Waals surface area (Å²) in [7, 11) is 0. The van der Waals surface area contributed by atoms with Crippen LogP contribution in [0.4, 0.5) is 0 Å². The zero-order valence-electron chi connectivity index (χ0n) is 11.0. The van der Waals surface area contributed by atoms with E-state index in [0.717, 1.165) is 6.07 Å². The van der Waals surface area contributed by atoms with Crippen molar-refractivity contribution < 1.29 is 19.7 Å². The van der Waals surface area contributed by atoms with Crippen LogP contribution in [0.1, 0.15) is 5.56 Å². The summed E-state index contributed by atoms with van der Waals surface area (Å²) in [5.74, 6) is -0.478. The average Bonchev–Trinajstić information content (AvgIpc) is 2.45. The Morgan fingerprint density at radius 2 is 1.39 bits per heavy atom. The third kappa shape index (κ3) is 2.73. The SMILES string of the molecule is Oc1cc2c(c(C(Cl)(Cl)C(Cl)(Cl)Cl)c1O)Oc1ccccc1O2. The Kier molecular flexibility index (Phi) is 4.10. The molecule has 3 rings (SSSR count). The summed E-state index contributed by atoms with van der Waals surface area (Å²) in [5, 5.41) is 20.1. The van der Waals surface area contributed by atoms with Gasteiger partial charge in [0.15, 0.2) is 38.8 Å². The average molecular weight is 416 g/mol. The van der Waals surface area contributed by atoms with Gasteiger partial charge in [-0.25, -0.2) is 0 Å². The molecule has 0 amide bonds. The maximum absolute atomic E-state index is 10.2. The molecule has 2 N–H and O–H groups in total. The second kappa shape index (κ2) is 5.57. The highest BCUT2D eigenvalue weighted by atomic mass is 35.6. The molecule has 0 radical (unpaired) electrons. The number of hydrogen-bond acceptors (Lipinski definition) is 4. The summed E-state index contributed by atoms with van der Waals surface area (Å²) in [5.41, 5.74) is -0.315. The van der Waals surface area contributed by atoms with E-state index >= 15 is 0 Å². The lowest BCUT2D eigenvalue weighted by Gasteiger charge is -2.32. The highest BCUT2D eigenvalue weighted by Crippen LogP contribution is 2.62. The maximum Gasteiger partial charge on any atom is 0.227 e. The maximum atomic E-state index is 10.2. The van der Waals surface area contributed by atoms with Crippen LogP contribution in [0.25, 0.3) is 0 Å². The van der Waals surface area contributed by atoms with Crippen molar-refractivity contribution in [2.75, 3.05) is 0 Å². The Balaban J connectivity index is 2.25. The lowest BCUT2D eigenvalue weighted by Crippen LogP contribution is -2.29. The third-order valence-corrected chi connectivity index (χ3v) is 5.52. The molecule has 1 heterocycles.